The smallest absolute Gasteiger partial charge is 0.337 e. The van der Waals surface area contributed by atoms with Crippen molar-refractivity contribution >= 4 is 23.5 Å². The molecule has 3 rings (SSSR count). The molecule has 1 aliphatic heterocycles. The van der Waals surface area contributed by atoms with Crippen molar-refractivity contribution < 1.29 is 28.2 Å². The Labute approximate surface area is 180 Å². The summed E-state index contributed by atoms with van der Waals surface area (Å²) in [5.41, 5.74) is 1.24. The summed E-state index contributed by atoms with van der Waals surface area (Å²) >= 11 is 0. The number of piperidine rings is 1. The molecule has 0 atom stereocenters. The molecule has 1 heterocycles. The number of carbonyl (C=O) groups is 3. The molecule has 1 saturated heterocycles. The van der Waals surface area contributed by atoms with Gasteiger partial charge in [0.2, 0.25) is 5.91 Å². The van der Waals surface area contributed by atoms with E-state index in [0.717, 1.165) is 0 Å². The number of ether oxygens (including phenoxy) is 2. The Morgan fingerprint density at radius 3 is 2.13 bits per heavy atom. The summed E-state index contributed by atoms with van der Waals surface area (Å²) in [4.78, 5) is 38.7. The number of hydrogen-bond donors (Lipinski definition) is 1. The Bertz CT molecular complexity index is 936. The third-order valence-electron chi connectivity index (χ3n) is 5.35. The minimum absolute atomic E-state index is 0.139. The van der Waals surface area contributed by atoms with E-state index < -0.39 is 11.9 Å². The van der Waals surface area contributed by atoms with Gasteiger partial charge in [0.15, 0.2) is 0 Å². The van der Waals surface area contributed by atoms with Crippen LogP contribution in [-0.2, 0) is 20.8 Å². The molecule has 0 aromatic heterocycles. The topological polar surface area (TPSA) is 84.9 Å². The molecule has 1 fully saturated rings. The second-order valence-electron chi connectivity index (χ2n) is 7.41. The minimum Gasteiger partial charge on any atom is -0.465 e. The van der Waals surface area contributed by atoms with Crippen molar-refractivity contribution in [1.29, 1.82) is 0 Å². The van der Waals surface area contributed by atoms with Crippen LogP contribution in [0.5, 0.6) is 0 Å². The molecule has 0 spiro atoms. The molecule has 8 heteroatoms. The average Bonchev–Trinajstić information content (AvgIpc) is 2.79. The molecule has 1 N–H and O–H groups in total. The van der Waals surface area contributed by atoms with E-state index in [4.69, 9.17) is 9.47 Å². The highest BCUT2D eigenvalue weighted by molar-refractivity contribution is 5.99. The van der Waals surface area contributed by atoms with Crippen molar-refractivity contribution in [3.8, 4) is 0 Å². The van der Waals surface area contributed by atoms with Crippen LogP contribution in [0.25, 0.3) is 0 Å². The van der Waals surface area contributed by atoms with Gasteiger partial charge in [0.05, 0.1) is 25.3 Å². The standard InChI is InChI=1S/C23H25FN2O5/c1-30-22(28)17-11-18(23(29)31-2)13-19(12-17)25-21(27)15-7-9-26(10-8-15)14-16-5-3-4-6-20(16)24/h3-6,11-13,15H,7-10,14H2,1-2H3,(H,25,27). The second kappa shape index (κ2) is 10.2. The van der Waals surface area contributed by atoms with Crippen LogP contribution in [0.4, 0.5) is 10.1 Å². The summed E-state index contributed by atoms with van der Waals surface area (Å²) < 4.78 is 23.3. The molecule has 2 aromatic carbocycles. The number of methoxy groups -OCH3 is 2. The largest absolute Gasteiger partial charge is 0.465 e. The van der Waals surface area contributed by atoms with Gasteiger partial charge in [0.1, 0.15) is 5.82 Å². The number of carbonyl (C=O) groups excluding carboxylic acids is 3. The van der Waals surface area contributed by atoms with Gasteiger partial charge in [-0.1, -0.05) is 18.2 Å². The lowest BCUT2D eigenvalue weighted by molar-refractivity contribution is -0.121. The molecular weight excluding hydrogens is 403 g/mol. The van der Waals surface area contributed by atoms with Gasteiger partial charge in [0, 0.05) is 23.7 Å². The van der Waals surface area contributed by atoms with E-state index in [2.05, 4.69) is 10.2 Å². The summed E-state index contributed by atoms with van der Waals surface area (Å²) in [6.07, 6.45) is 1.25. The fourth-order valence-electron chi connectivity index (χ4n) is 3.64. The highest BCUT2D eigenvalue weighted by atomic mass is 19.1. The van der Waals surface area contributed by atoms with E-state index in [-0.39, 0.29) is 28.8 Å². The fourth-order valence-corrected chi connectivity index (χ4v) is 3.64. The molecule has 7 nitrogen and oxygen atoms in total. The summed E-state index contributed by atoms with van der Waals surface area (Å²) in [5, 5.41) is 2.79. The monoisotopic (exact) mass is 428 g/mol. The zero-order valence-electron chi connectivity index (χ0n) is 17.5. The van der Waals surface area contributed by atoms with Crippen LogP contribution in [-0.4, -0.2) is 50.1 Å². The lowest BCUT2D eigenvalue weighted by Crippen LogP contribution is -2.38. The van der Waals surface area contributed by atoms with E-state index in [1.165, 1.54) is 38.5 Å². The maximum absolute atomic E-state index is 13.9. The molecule has 0 bridgehead atoms. The molecule has 1 amide bonds. The molecule has 0 unspecified atom stereocenters. The normalized spacial score (nSPS) is 14.7. The number of halogens is 1. The van der Waals surface area contributed by atoms with E-state index >= 15 is 0 Å². The first kappa shape index (κ1) is 22.4. The van der Waals surface area contributed by atoms with Crippen molar-refractivity contribution in [2.24, 2.45) is 5.92 Å². The van der Waals surface area contributed by atoms with Crippen molar-refractivity contribution in [1.82, 2.24) is 4.90 Å². The zero-order valence-corrected chi connectivity index (χ0v) is 17.5. The lowest BCUT2D eigenvalue weighted by atomic mass is 9.95. The maximum atomic E-state index is 13.9. The summed E-state index contributed by atoms with van der Waals surface area (Å²) in [6.45, 7) is 1.84. The van der Waals surface area contributed by atoms with E-state index in [0.29, 0.717) is 43.7 Å². The highest BCUT2D eigenvalue weighted by Gasteiger charge is 2.26. The fraction of sp³-hybridized carbons (Fsp3) is 0.348. The van der Waals surface area contributed by atoms with Gasteiger partial charge in [-0.25, -0.2) is 14.0 Å². The first-order valence-electron chi connectivity index (χ1n) is 9.99. The molecule has 164 valence electrons. The number of rotatable bonds is 6. The average molecular weight is 428 g/mol. The first-order chi connectivity index (χ1) is 14.9. The minimum atomic E-state index is -0.622. The van der Waals surface area contributed by atoms with Crippen LogP contribution in [0.1, 0.15) is 39.1 Å². The number of anilines is 1. The lowest BCUT2D eigenvalue weighted by Gasteiger charge is -2.31. The third-order valence-corrected chi connectivity index (χ3v) is 5.35. The molecule has 0 radical (unpaired) electrons. The van der Waals surface area contributed by atoms with Gasteiger partial charge >= 0.3 is 11.9 Å². The predicted molar refractivity (Wildman–Crippen MR) is 112 cm³/mol. The zero-order chi connectivity index (χ0) is 22.4. The van der Waals surface area contributed by atoms with Crippen LogP contribution in [0, 0.1) is 11.7 Å². The van der Waals surface area contributed by atoms with Gasteiger partial charge in [-0.15, -0.1) is 0 Å². The Morgan fingerprint density at radius 2 is 1.58 bits per heavy atom. The van der Waals surface area contributed by atoms with Crippen LogP contribution in [0.3, 0.4) is 0 Å². The van der Waals surface area contributed by atoms with Crippen LogP contribution in [0.2, 0.25) is 0 Å². The summed E-state index contributed by atoms with van der Waals surface area (Å²) in [7, 11) is 2.47. The molecular formula is C23H25FN2O5. The maximum Gasteiger partial charge on any atom is 0.337 e. The number of likely N-dealkylation sites (tertiary alicyclic amines) is 1. The summed E-state index contributed by atoms with van der Waals surface area (Å²) in [5.74, 6) is -1.89. The Morgan fingerprint density at radius 1 is 1.00 bits per heavy atom. The summed E-state index contributed by atoms with van der Waals surface area (Å²) in [6, 6.07) is 11.0. The van der Waals surface area contributed by atoms with Gasteiger partial charge in [0.25, 0.3) is 0 Å². The van der Waals surface area contributed by atoms with Crippen LogP contribution in [0.15, 0.2) is 42.5 Å². The van der Waals surface area contributed by atoms with Gasteiger partial charge in [-0.2, -0.15) is 0 Å². The number of nitrogens with zero attached hydrogens (tertiary/aromatic N) is 1. The van der Waals surface area contributed by atoms with Gasteiger partial charge in [-0.3, -0.25) is 9.69 Å². The van der Waals surface area contributed by atoms with Crippen molar-refractivity contribution in [2.75, 3.05) is 32.6 Å². The number of esters is 2. The van der Waals surface area contributed by atoms with Crippen molar-refractivity contribution in [3.05, 3.63) is 65.0 Å². The van der Waals surface area contributed by atoms with Crippen molar-refractivity contribution in [3.63, 3.8) is 0 Å². The van der Waals surface area contributed by atoms with E-state index in [1.807, 2.05) is 6.07 Å². The van der Waals surface area contributed by atoms with E-state index in [1.54, 1.807) is 12.1 Å². The van der Waals surface area contributed by atoms with Crippen LogP contribution < -0.4 is 5.32 Å². The molecule has 1 aliphatic rings. The molecule has 0 aliphatic carbocycles. The van der Waals surface area contributed by atoms with Gasteiger partial charge in [-0.05, 0) is 50.2 Å². The Balaban J connectivity index is 1.63. The Kier molecular flexibility index (Phi) is 7.36. The number of nitrogens with one attached hydrogen (secondary N) is 1. The SMILES string of the molecule is COC(=O)c1cc(NC(=O)C2CCN(Cc3ccccc3F)CC2)cc(C(=O)OC)c1. The Hall–Kier alpha value is -3.26. The molecule has 0 saturated carbocycles. The van der Waals surface area contributed by atoms with E-state index in [9.17, 15) is 18.8 Å². The van der Waals surface area contributed by atoms with Gasteiger partial charge < -0.3 is 14.8 Å². The quantitative estimate of drug-likeness (QED) is 0.711. The van der Waals surface area contributed by atoms with Crippen molar-refractivity contribution in [2.45, 2.75) is 19.4 Å². The highest BCUT2D eigenvalue weighted by Crippen LogP contribution is 2.23. The first-order valence-corrected chi connectivity index (χ1v) is 9.99. The number of amides is 1. The number of benzene rings is 2. The predicted octanol–water partition coefficient (Wildman–Crippen LogP) is 3.25. The molecule has 31 heavy (non-hydrogen) atoms. The molecule has 2 aromatic rings. The third kappa shape index (κ3) is 5.67. The van der Waals surface area contributed by atoms with Crippen LogP contribution >= 0.6 is 0 Å². The number of hydrogen-bond acceptors (Lipinski definition) is 6. The second-order valence-corrected chi connectivity index (χ2v) is 7.41.